The van der Waals surface area contributed by atoms with Gasteiger partial charge in [0, 0.05) is 29.2 Å². The van der Waals surface area contributed by atoms with Crippen molar-refractivity contribution in [3.63, 3.8) is 0 Å². The number of halogens is 1. The molecule has 0 radical (unpaired) electrons. The summed E-state index contributed by atoms with van der Waals surface area (Å²) in [6.07, 6.45) is 1.80. The SMILES string of the molecule is CC(C)(CCn1cnc2cc(C(=O)O)c(Cl)cc21)NCC(O)c1cccc(NSc2ccccc2)c1. The fourth-order valence-electron chi connectivity index (χ4n) is 3.82. The van der Waals surface area contributed by atoms with E-state index in [0.29, 0.717) is 18.6 Å². The predicted molar refractivity (Wildman–Crippen MR) is 146 cm³/mol. The molecule has 0 amide bonds. The van der Waals surface area contributed by atoms with Crippen LogP contribution in [0.1, 0.15) is 42.3 Å². The highest BCUT2D eigenvalue weighted by Crippen LogP contribution is 2.26. The Morgan fingerprint density at radius 2 is 1.92 bits per heavy atom. The molecular formula is C27H29ClN4O3S. The van der Waals surface area contributed by atoms with E-state index in [-0.39, 0.29) is 16.1 Å². The van der Waals surface area contributed by atoms with Crippen LogP contribution in [0.2, 0.25) is 5.02 Å². The average molecular weight is 525 g/mol. The monoisotopic (exact) mass is 524 g/mol. The number of carbonyl (C=O) groups is 1. The van der Waals surface area contributed by atoms with Crippen LogP contribution in [0.5, 0.6) is 0 Å². The second kappa shape index (κ2) is 11.3. The van der Waals surface area contributed by atoms with Gasteiger partial charge < -0.3 is 24.8 Å². The van der Waals surface area contributed by atoms with Gasteiger partial charge in [0.05, 0.1) is 34.1 Å². The summed E-state index contributed by atoms with van der Waals surface area (Å²) in [7, 11) is 0. The number of aromatic carboxylic acids is 1. The van der Waals surface area contributed by atoms with Crippen LogP contribution in [0.25, 0.3) is 11.0 Å². The molecule has 3 aromatic carbocycles. The summed E-state index contributed by atoms with van der Waals surface area (Å²) in [5.74, 6) is -1.07. The Morgan fingerprint density at radius 1 is 1.14 bits per heavy atom. The number of β-amino-alcohol motifs (C(OH)–C–C–N with tert-alkyl or cyclic N) is 1. The molecule has 4 N–H and O–H groups in total. The van der Waals surface area contributed by atoms with Gasteiger partial charge in [-0.1, -0.05) is 41.9 Å². The molecule has 0 fully saturated rings. The van der Waals surface area contributed by atoms with Crippen LogP contribution in [-0.2, 0) is 6.54 Å². The number of aliphatic hydroxyl groups is 1. The molecule has 1 aromatic heterocycles. The molecule has 0 aliphatic rings. The van der Waals surface area contributed by atoms with Crippen LogP contribution in [0.4, 0.5) is 5.69 Å². The normalized spacial score (nSPS) is 12.6. The molecule has 0 saturated carbocycles. The Labute approximate surface area is 219 Å². The zero-order valence-electron chi connectivity index (χ0n) is 20.1. The van der Waals surface area contributed by atoms with Gasteiger partial charge in [0.2, 0.25) is 0 Å². The highest BCUT2D eigenvalue weighted by atomic mass is 35.5. The lowest BCUT2D eigenvalue weighted by Crippen LogP contribution is -2.42. The van der Waals surface area contributed by atoms with Gasteiger partial charge in [-0.15, -0.1) is 0 Å². The van der Waals surface area contributed by atoms with E-state index in [1.54, 1.807) is 12.4 Å². The number of aliphatic hydroxyl groups excluding tert-OH is 1. The number of carboxylic acids is 1. The summed E-state index contributed by atoms with van der Waals surface area (Å²) in [5.41, 5.74) is 2.93. The Hall–Kier alpha value is -3.04. The minimum absolute atomic E-state index is 0.0447. The third-order valence-electron chi connectivity index (χ3n) is 5.99. The largest absolute Gasteiger partial charge is 0.478 e. The molecule has 0 aliphatic heterocycles. The lowest BCUT2D eigenvalue weighted by Gasteiger charge is -2.28. The summed E-state index contributed by atoms with van der Waals surface area (Å²) in [6.45, 7) is 5.23. The number of nitrogens with zero attached hydrogens (tertiary/aromatic N) is 2. The highest BCUT2D eigenvalue weighted by Gasteiger charge is 2.20. The molecule has 0 spiro atoms. The van der Waals surface area contributed by atoms with E-state index in [2.05, 4.69) is 28.9 Å². The fourth-order valence-corrected chi connectivity index (χ4v) is 4.71. The van der Waals surface area contributed by atoms with Crippen LogP contribution in [0.3, 0.4) is 0 Å². The van der Waals surface area contributed by atoms with Crippen molar-refractivity contribution >= 4 is 46.2 Å². The fraction of sp³-hybridized carbons (Fsp3) is 0.259. The van der Waals surface area contributed by atoms with E-state index in [1.807, 2.05) is 59.2 Å². The number of aromatic nitrogens is 2. The maximum atomic E-state index is 11.3. The molecule has 0 saturated heterocycles. The van der Waals surface area contributed by atoms with Gasteiger partial charge in [0.15, 0.2) is 0 Å². The third-order valence-corrected chi connectivity index (χ3v) is 7.15. The van der Waals surface area contributed by atoms with Crippen LogP contribution in [0.15, 0.2) is 78.0 Å². The van der Waals surface area contributed by atoms with Crippen molar-refractivity contribution in [2.75, 3.05) is 11.3 Å². The predicted octanol–water partition coefficient (Wildman–Crippen LogP) is 6.00. The summed E-state index contributed by atoms with van der Waals surface area (Å²) in [4.78, 5) is 16.8. The molecule has 4 aromatic rings. The second-order valence-electron chi connectivity index (χ2n) is 9.24. The number of nitrogens with one attached hydrogen (secondary N) is 2. The molecule has 9 heteroatoms. The molecule has 188 valence electrons. The third kappa shape index (κ3) is 6.59. The Kier molecular flexibility index (Phi) is 8.21. The Bertz CT molecular complexity index is 1340. The first-order valence-electron chi connectivity index (χ1n) is 11.6. The van der Waals surface area contributed by atoms with Crippen molar-refractivity contribution in [3.05, 3.63) is 89.2 Å². The molecule has 1 unspecified atom stereocenters. The number of rotatable bonds is 11. The van der Waals surface area contributed by atoms with Gasteiger partial charge in [-0.25, -0.2) is 9.78 Å². The lowest BCUT2D eigenvalue weighted by atomic mass is 9.99. The standard InChI is InChI=1S/C27H29ClN4O3S/c1-27(2,11-12-32-17-29-23-14-21(26(34)35)22(28)15-24(23)32)30-16-25(33)18-7-6-8-19(13-18)31-36-20-9-4-3-5-10-20/h3-10,13-15,17,25,30-31,33H,11-12,16H2,1-2H3,(H,34,35). The quantitative estimate of drug-likeness (QED) is 0.179. The number of fused-ring (bicyclic) bond motifs is 1. The molecule has 0 bridgehead atoms. The first-order valence-corrected chi connectivity index (χ1v) is 12.8. The summed E-state index contributed by atoms with van der Waals surface area (Å²) < 4.78 is 5.29. The maximum Gasteiger partial charge on any atom is 0.337 e. The van der Waals surface area contributed by atoms with Gasteiger partial charge in [-0.05, 0) is 74.2 Å². The van der Waals surface area contributed by atoms with Gasteiger partial charge in [0.1, 0.15) is 0 Å². The van der Waals surface area contributed by atoms with Crippen molar-refractivity contribution in [3.8, 4) is 0 Å². The van der Waals surface area contributed by atoms with Gasteiger partial charge in [-0.2, -0.15) is 0 Å². The molecule has 36 heavy (non-hydrogen) atoms. The summed E-state index contributed by atoms with van der Waals surface area (Å²) in [5, 5.41) is 23.7. The molecule has 0 aliphatic carbocycles. The Morgan fingerprint density at radius 3 is 2.67 bits per heavy atom. The minimum Gasteiger partial charge on any atom is -0.478 e. The van der Waals surface area contributed by atoms with Gasteiger partial charge in [0.25, 0.3) is 0 Å². The second-order valence-corrected chi connectivity index (χ2v) is 10.5. The van der Waals surface area contributed by atoms with E-state index in [1.165, 1.54) is 18.0 Å². The molecule has 1 heterocycles. The lowest BCUT2D eigenvalue weighted by molar-refractivity contribution is 0.0697. The van der Waals surface area contributed by atoms with Crippen molar-refractivity contribution < 1.29 is 15.0 Å². The van der Waals surface area contributed by atoms with Crippen molar-refractivity contribution in [2.45, 2.75) is 43.4 Å². The topological polar surface area (TPSA) is 99.4 Å². The summed E-state index contributed by atoms with van der Waals surface area (Å²) in [6, 6.07) is 21.0. The summed E-state index contributed by atoms with van der Waals surface area (Å²) >= 11 is 7.68. The van der Waals surface area contributed by atoms with E-state index in [4.69, 9.17) is 11.6 Å². The number of hydrogen-bond acceptors (Lipinski definition) is 6. The number of hydrogen-bond donors (Lipinski definition) is 4. The van der Waals surface area contributed by atoms with E-state index in [0.717, 1.165) is 28.1 Å². The first kappa shape index (κ1) is 26.0. The van der Waals surface area contributed by atoms with E-state index >= 15 is 0 Å². The minimum atomic E-state index is -1.07. The maximum absolute atomic E-state index is 11.3. The zero-order valence-corrected chi connectivity index (χ0v) is 21.7. The van der Waals surface area contributed by atoms with Crippen molar-refractivity contribution in [2.24, 2.45) is 0 Å². The molecular weight excluding hydrogens is 496 g/mol. The van der Waals surface area contributed by atoms with E-state index in [9.17, 15) is 15.0 Å². The first-order chi connectivity index (χ1) is 17.2. The highest BCUT2D eigenvalue weighted by molar-refractivity contribution is 8.00. The molecule has 4 rings (SSSR count). The van der Waals surface area contributed by atoms with Crippen LogP contribution in [0, 0.1) is 0 Å². The number of aryl methyl sites for hydroxylation is 1. The average Bonchev–Trinajstić information content (AvgIpc) is 3.26. The van der Waals surface area contributed by atoms with Gasteiger partial charge in [-0.3, -0.25) is 0 Å². The van der Waals surface area contributed by atoms with Crippen LogP contribution in [-0.4, -0.2) is 37.8 Å². The van der Waals surface area contributed by atoms with Crippen LogP contribution >= 0.6 is 23.5 Å². The molecule has 1 atom stereocenters. The van der Waals surface area contributed by atoms with Crippen molar-refractivity contribution in [1.82, 2.24) is 14.9 Å². The number of carboxylic acid groups (broad SMARTS) is 1. The number of benzene rings is 3. The van der Waals surface area contributed by atoms with Gasteiger partial charge >= 0.3 is 5.97 Å². The Balaban J connectivity index is 1.32. The number of imidazole rings is 1. The number of anilines is 1. The van der Waals surface area contributed by atoms with Crippen LogP contribution < -0.4 is 10.0 Å². The zero-order chi connectivity index (χ0) is 25.7. The van der Waals surface area contributed by atoms with Crippen molar-refractivity contribution in [1.29, 1.82) is 0 Å². The smallest absolute Gasteiger partial charge is 0.337 e. The molecule has 7 nitrogen and oxygen atoms in total. The van der Waals surface area contributed by atoms with E-state index < -0.39 is 12.1 Å².